The van der Waals surface area contributed by atoms with Gasteiger partial charge in [0, 0.05) is 19.2 Å². The topological polar surface area (TPSA) is 21.3 Å². The Bertz CT molecular complexity index is 201. The number of hydrogen-bond acceptors (Lipinski definition) is 2. The number of rotatable bonds is 4. The van der Waals surface area contributed by atoms with Gasteiger partial charge in [-0.15, -0.1) is 0 Å². The second-order valence-electron chi connectivity index (χ2n) is 5.97. The first-order chi connectivity index (χ1) is 8.38. The van der Waals surface area contributed by atoms with E-state index in [0.29, 0.717) is 0 Å². The molecule has 0 aromatic rings. The van der Waals surface area contributed by atoms with Crippen LogP contribution >= 0.6 is 0 Å². The van der Waals surface area contributed by atoms with Crippen LogP contribution in [0.5, 0.6) is 0 Å². The molecule has 1 saturated heterocycles. The van der Waals surface area contributed by atoms with Crippen LogP contribution in [-0.4, -0.2) is 25.8 Å². The van der Waals surface area contributed by atoms with E-state index in [1.807, 2.05) is 0 Å². The predicted molar refractivity (Wildman–Crippen MR) is 72.2 cm³/mol. The molecule has 1 aliphatic carbocycles. The van der Waals surface area contributed by atoms with Crippen LogP contribution in [0.1, 0.15) is 58.3 Å². The molecule has 0 amide bonds. The second kappa shape index (κ2) is 7.38. The van der Waals surface area contributed by atoms with Gasteiger partial charge in [0.05, 0.1) is 6.61 Å². The molecular weight excluding hydrogens is 210 g/mol. The first kappa shape index (κ1) is 13.4. The minimum absolute atomic E-state index is 0.772. The van der Waals surface area contributed by atoms with Crippen LogP contribution in [0.4, 0.5) is 0 Å². The molecule has 17 heavy (non-hydrogen) atoms. The largest absolute Gasteiger partial charge is 0.381 e. The highest BCUT2D eigenvalue weighted by Crippen LogP contribution is 2.25. The maximum Gasteiger partial charge on any atom is 0.0506 e. The molecule has 2 aliphatic rings. The molecule has 1 saturated carbocycles. The molecule has 2 heteroatoms. The van der Waals surface area contributed by atoms with E-state index in [-0.39, 0.29) is 0 Å². The van der Waals surface area contributed by atoms with Crippen LogP contribution in [0.3, 0.4) is 0 Å². The summed E-state index contributed by atoms with van der Waals surface area (Å²) in [4.78, 5) is 0. The lowest BCUT2D eigenvalue weighted by Gasteiger charge is -2.25. The van der Waals surface area contributed by atoms with Crippen LogP contribution in [0.25, 0.3) is 0 Å². The molecule has 0 radical (unpaired) electrons. The van der Waals surface area contributed by atoms with E-state index in [4.69, 9.17) is 4.74 Å². The first-order valence-electron chi connectivity index (χ1n) is 7.69. The van der Waals surface area contributed by atoms with Gasteiger partial charge in [0.15, 0.2) is 0 Å². The van der Waals surface area contributed by atoms with Gasteiger partial charge in [-0.3, -0.25) is 0 Å². The van der Waals surface area contributed by atoms with Gasteiger partial charge in [0.1, 0.15) is 0 Å². The Labute approximate surface area is 107 Å². The molecule has 1 N–H and O–H groups in total. The summed E-state index contributed by atoms with van der Waals surface area (Å²) in [5.74, 6) is 1.77. The zero-order valence-electron chi connectivity index (χ0n) is 11.4. The SMILES string of the molecule is CCC1CCCC(NCC2CCCOC2)CC1. The molecular formula is C15H29NO. The molecule has 3 atom stereocenters. The fourth-order valence-electron chi connectivity index (χ4n) is 3.29. The van der Waals surface area contributed by atoms with Crippen molar-refractivity contribution in [1.82, 2.24) is 5.32 Å². The maximum absolute atomic E-state index is 5.54. The van der Waals surface area contributed by atoms with Gasteiger partial charge in [-0.25, -0.2) is 0 Å². The predicted octanol–water partition coefficient (Wildman–Crippen LogP) is 3.36. The summed E-state index contributed by atoms with van der Waals surface area (Å²) in [6, 6.07) is 0.786. The zero-order chi connectivity index (χ0) is 11.9. The van der Waals surface area contributed by atoms with E-state index in [9.17, 15) is 0 Å². The molecule has 0 spiro atoms. The molecule has 0 bridgehead atoms. The normalized spacial score (nSPS) is 35.5. The van der Waals surface area contributed by atoms with Crippen LogP contribution in [0, 0.1) is 11.8 Å². The monoisotopic (exact) mass is 239 g/mol. The van der Waals surface area contributed by atoms with E-state index < -0.39 is 0 Å². The van der Waals surface area contributed by atoms with E-state index in [1.165, 1.54) is 57.9 Å². The second-order valence-corrected chi connectivity index (χ2v) is 5.97. The fraction of sp³-hybridized carbons (Fsp3) is 1.00. The van der Waals surface area contributed by atoms with Crippen LogP contribution in [0.15, 0.2) is 0 Å². The quantitative estimate of drug-likeness (QED) is 0.760. The van der Waals surface area contributed by atoms with Gasteiger partial charge >= 0.3 is 0 Å². The molecule has 2 fully saturated rings. The van der Waals surface area contributed by atoms with Crippen molar-refractivity contribution in [2.45, 2.75) is 64.3 Å². The van der Waals surface area contributed by atoms with Gasteiger partial charge < -0.3 is 10.1 Å². The van der Waals surface area contributed by atoms with Crippen molar-refractivity contribution in [3.63, 3.8) is 0 Å². The highest BCUT2D eigenvalue weighted by atomic mass is 16.5. The Morgan fingerprint density at radius 1 is 1.00 bits per heavy atom. The van der Waals surface area contributed by atoms with Crippen molar-refractivity contribution in [3.8, 4) is 0 Å². The molecule has 2 rings (SSSR count). The summed E-state index contributed by atoms with van der Waals surface area (Å²) in [7, 11) is 0. The van der Waals surface area contributed by atoms with Gasteiger partial charge in [0.2, 0.25) is 0 Å². The van der Waals surface area contributed by atoms with Crippen LogP contribution < -0.4 is 5.32 Å². The molecule has 0 aromatic carbocycles. The van der Waals surface area contributed by atoms with E-state index >= 15 is 0 Å². The van der Waals surface area contributed by atoms with Crippen molar-refractivity contribution >= 4 is 0 Å². The standard InChI is InChI=1S/C15H29NO/c1-2-13-5-3-7-15(9-8-13)16-11-14-6-4-10-17-12-14/h13-16H,2-12H2,1H3. The molecule has 3 unspecified atom stereocenters. The number of nitrogens with one attached hydrogen (secondary N) is 1. The number of ether oxygens (including phenoxy) is 1. The summed E-state index contributed by atoms with van der Waals surface area (Å²) in [5, 5.41) is 3.80. The average Bonchev–Trinajstić information content (AvgIpc) is 2.62. The van der Waals surface area contributed by atoms with Crippen molar-refractivity contribution in [2.75, 3.05) is 19.8 Å². The van der Waals surface area contributed by atoms with Crippen LogP contribution in [-0.2, 0) is 4.74 Å². The first-order valence-corrected chi connectivity index (χ1v) is 7.69. The van der Waals surface area contributed by atoms with Crippen molar-refractivity contribution in [1.29, 1.82) is 0 Å². The molecule has 100 valence electrons. The Hall–Kier alpha value is -0.0800. The molecule has 1 aliphatic heterocycles. The highest BCUT2D eigenvalue weighted by Gasteiger charge is 2.19. The van der Waals surface area contributed by atoms with E-state index in [2.05, 4.69) is 12.2 Å². The lowest BCUT2D eigenvalue weighted by atomic mass is 9.97. The summed E-state index contributed by atoms with van der Waals surface area (Å²) in [6.07, 6.45) is 11.1. The smallest absolute Gasteiger partial charge is 0.0506 e. The molecule has 0 aromatic heterocycles. The van der Waals surface area contributed by atoms with Gasteiger partial charge in [-0.05, 0) is 43.9 Å². The third-order valence-corrected chi connectivity index (χ3v) is 4.62. The third kappa shape index (κ3) is 4.59. The minimum Gasteiger partial charge on any atom is -0.381 e. The average molecular weight is 239 g/mol. The fourth-order valence-corrected chi connectivity index (χ4v) is 3.29. The van der Waals surface area contributed by atoms with Crippen molar-refractivity contribution in [2.24, 2.45) is 11.8 Å². The Balaban J connectivity index is 1.64. The maximum atomic E-state index is 5.54. The van der Waals surface area contributed by atoms with Crippen LogP contribution in [0.2, 0.25) is 0 Å². The summed E-state index contributed by atoms with van der Waals surface area (Å²) in [6.45, 7) is 5.49. The lowest BCUT2D eigenvalue weighted by molar-refractivity contribution is 0.0536. The van der Waals surface area contributed by atoms with Gasteiger partial charge in [0.25, 0.3) is 0 Å². The lowest BCUT2D eigenvalue weighted by Crippen LogP contribution is -2.36. The van der Waals surface area contributed by atoms with E-state index in [1.54, 1.807) is 0 Å². The molecule has 1 heterocycles. The third-order valence-electron chi connectivity index (χ3n) is 4.62. The number of hydrogen-bond donors (Lipinski definition) is 1. The summed E-state index contributed by atoms with van der Waals surface area (Å²) >= 11 is 0. The van der Waals surface area contributed by atoms with Crippen molar-refractivity contribution in [3.05, 3.63) is 0 Å². The minimum atomic E-state index is 0.772. The highest BCUT2D eigenvalue weighted by molar-refractivity contribution is 4.76. The summed E-state index contributed by atoms with van der Waals surface area (Å²) in [5.41, 5.74) is 0. The Morgan fingerprint density at radius 2 is 1.88 bits per heavy atom. The van der Waals surface area contributed by atoms with Gasteiger partial charge in [-0.2, -0.15) is 0 Å². The zero-order valence-corrected chi connectivity index (χ0v) is 11.4. The Kier molecular flexibility index (Phi) is 5.79. The van der Waals surface area contributed by atoms with Gasteiger partial charge in [-0.1, -0.05) is 26.2 Å². The van der Waals surface area contributed by atoms with Crippen molar-refractivity contribution < 1.29 is 4.74 Å². The molecule has 2 nitrogen and oxygen atoms in total. The Morgan fingerprint density at radius 3 is 2.65 bits per heavy atom. The van der Waals surface area contributed by atoms with E-state index in [0.717, 1.165) is 31.1 Å². The summed E-state index contributed by atoms with van der Waals surface area (Å²) < 4.78 is 5.54.